The molecule has 2 heterocycles. The molecule has 1 aromatic heterocycles. The smallest absolute Gasteiger partial charge is 0.416 e. The standard InChI is InChI=1S/C20H16F3N3O/c21-20(22,23)17-8-4-5-14-10-12-26(13-16(14)17)19-24-11-9-18(25-19)27-15-6-2-1-3-7-15/h1-9,11H,10,12-13H2. The summed E-state index contributed by atoms with van der Waals surface area (Å²) >= 11 is 0. The topological polar surface area (TPSA) is 38.2 Å². The number of aromatic nitrogens is 2. The molecule has 0 N–H and O–H groups in total. The Bertz CT molecular complexity index is 945. The van der Waals surface area contributed by atoms with Crippen LogP contribution in [0.5, 0.6) is 11.6 Å². The van der Waals surface area contributed by atoms with Crippen LogP contribution in [0, 0.1) is 0 Å². The molecular weight excluding hydrogens is 355 g/mol. The van der Waals surface area contributed by atoms with Crippen LogP contribution in [0.4, 0.5) is 19.1 Å². The van der Waals surface area contributed by atoms with E-state index in [2.05, 4.69) is 9.97 Å². The summed E-state index contributed by atoms with van der Waals surface area (Å²) < 4.78 is 45.7. The van der Waals surface area contributed by atoms with Crippen molar-refractivity contribution in [3.63, 3.8) is 0 Å². The number of alkyl halides is 3. The highest BCUT2D eigenvalue weighted by molar-refractivity contribution is 5.45. The van der Waals surface area contributed by atoms with Gasteiger partial charge in [-0.2, -0.15) is 18.2 Å². The lowest BCUT2D eigenvalue weighted by Crippen LogP contribution is -2.33. The van der Waals surface area contributed by atoms with Crippen LogP contribution in [0.1, 0.15) is 16.7 Å². The Kier molecular flexibility index (Phi) is 4.43. The van der Waals surface area contributed by atoms with E-state index < -0.39 is 11.7 Å². The molecule has 0 bridgehead atoms. The quantitative estimate of drug-likeness (QED) is 0.660. The van der Waals surface area contributed by atoms with Crippen LogP contribution in [0.15, 0.2) is 60.8 Å². The van der Waals surface area contributed by atoms with Crippen LogP contribution in [-0.2, 0) is 19.1 Å². The SMILES string of the molecule is FC(F)(F)c1cccc2c1CN(c1nccc(Oc3ccccc3)n1)CC2. The van der Waals surface area contributed by atoms with E-state index in [-0.39, 0.29) is 12.1 Å². The van der Waals surface area contributed by atoms with E-state index in [1.165, 1.54) is 6.07 Å². The van der Waals surface area contributed by atoms with Gasteiger partial charge in [0.05, 0.1) is 5.56 Å². The van der Waals surface area contributed by atoms with Crippen LogP contribution < -0.4 is 9.64 Å². The highest BCUT2D eigenvalue weighted by Crippen LogP contribution is 2.36. The Morgan fingerprint density at radius 2 is 1.78 bits per heavy atom. The second-order valence-electron chi connectivity index (χ2n) is 6.22. The summed E-state index contributed by atoms with van der Waals surface area (Å²) in [5.74, 6) is 1.33. The molecule has 1 aliphatic rings. The van der Waals surface area contributed by atoms with Gasteiger partial charge in [0, 0.05) is 25.4 Å². The van der Waals surface area contributed by atoms with Crippen LogP contribution in [-0.4, -0.2) is 16.5 Å². The normalized spacial score (nSPS) is 14.0. The fraction of sp³-hybridized carbons (Fsp3) is 0.200. The summed E-state index contributed by atoms with van der Waals surface area (Å²) in [4.78, 5) is 10.3. The molecular formula is C20H16F3N3O. The van der Waals surface area contributed by atoms with Gasteiger partial charge in [-0.05, 0) is 35.7 Å². The maximum absolute atomic E-state index is 13.3. The van der Waals surface area contributed by atoms with E-state index >= 15 is 0 Å². The number of halogens is 3. The van der Waals surface area contributed by atoms with E-state index in [9.17, 15) is 13.2 Å². The van der Waals surface area contributed by atoms with Crippen molar-refractivity contribution in [2.75, 3.05) is 11.4 Å². The van der Waals surface area contributed by atoms with E-state index in [4.69, 9.17) is 4.74 Å². The van der Waals surface area contributed by atoms with Crippen molar-refractivity contribution in [1.29, 1.82) is 0 Å². The molecule has 138 valence electrons. The summed E-state index contributed by atoms with van der Waals surface area (Å²) in [6.45, 7) is 0.656. The highest BCUT2D eigenvalue weighted by Gasteiger charge is 2.35. The number of anilines is 1. The Morgan fingerprint density at radius 3 is 2.56 bits per heavy atom. The number of hydrogen-bond acceptors (Lipinski definition) is 4. The molecule has 3 aromatic rings. The van der Waals surface area contributed by atoms with E-state index in [1.54, 1.807) is 35.4 Å². The predicted molar refractivity (Wildman–Crippen MR) is 94.7 cm³/mol. The Hall–Kier alpha value is -3.09. The number of hydrogen-bond donors (Lipinski definition) is 0. The second-order valence-corrected chi connectivity index (χ2v) is 6.22. The van der Waals surface area contributed by atoms with E-state index in [0.29, 0.717) is 30.5 Å². The summed E-state index contributed by atoms with van der Waals surface area (Å²) in [5.41, 5.74) is 0.411. The first-order valence-electron chi connectivity index (χ1n) is 8.49. The summed E-state index contributed by atoms with van der Waals surface area (Å²) in [7, 11) is 0. The first kappa shape index (κ1) is 17.3. The van der Waals surface area contributed by atoms with Gasteiger partial charge in [-0.15, -0.1) is 0 Å². The van der Waals surface area contributed by atoms with Gasteiger partial charge in [0.25, 0.3) is 0 Å². The van der Waals surface area contributed by atoms with Crippen molar-refractivity contribution >= 4 is 5.95 Å². The van der Waals surface area contributed by atoms with Gasteiger partial charge in [0.1, 0.15) is 5.75 Å². The molecule has 1 aliphatic heterocycles. The Balaban J connectivity index is 1.60. The Morgan fingerprint density at radius 1 is 0.963 bits per heavy atom. The molecule has 0 fully saturated rings. The number of benzene rings is 2. The molecule has 27 heavy (non-hydrogen) atoms. The van der Waals surface area contributed by atoms with Gasteiger partial charge in [-0.1, -0.05) is 30.3 Å². The van der Waals surface area contributed by atoms with Gasteiger partial charge in [-0.3, -0.25) is 0 Å². The number of fused-ring (bicyclic) bond motifs is 1. The lowest BCUT2D eigenvalue weighted by Gasteiger charge is -2.30. The third-order valence-corrected chi connectivity index (χ3v) is 4.44. The van der Waals surface area contributed by atoms with Gasteiger partial charge < -0.3 is 9.64 Å². The van der Waals surface area contributed by atoms with Crippen LogP contribution in [0.2, 0.25) is 0 Å². The molecule has 0 saturated carbocycles. The number of nitrogens with zero attached hydrogens (tertiary/aromatic N) is 3. The number of ether oxygens (including phenoxy) is 1. The minimum atomic E-state index is -4.38. The number of rotatable bonds is 3. The van der Waals surface area contributed by atoms with Crippen molar-refractivity contribution in [1.82, 2.24) is 9.97 Å². The monoisotopic (exact) mass is 371 g/mol. The zero-order chi connectivity index (χ0) is 18.9. The Labute approximate surface area is 154 Å². The molecule has 4 nitrogen and oxygen atoms in total. The zero-order valence-electron chi connectivity index (χ0n) is 14.3. The van der Waals surface area contributed by atoms with Crippen LogP contribution in [0.25, 0.3) is 0 Å². The molecule has 7 heteroatoms. The molecule has 0 saturated heterocycles. The summed E-state index contributed by atoms with van der Waals surface area (Å²) in [5, 5.41) is 0. The lowest BCUT2D eigenvalue weighted by atomic mass is 9.95. The summed E-state index contributed by atoms with van der Waals surface area (Å²) in [6, 6.07) is 15.1. The van der Waals surface area contributed by atoms with Crippen LogP contribution in [0.3, 0.4) is 0 Å². The molecule has 0 radical (unpaired) electrons. The average Bonchev–Trinajstić information content (AvgIpc) is 2.67. The third kappa shape index (κ3) is 3.72. The molecule has 4 rings (SSSR count). The molecule has 0 amide bonds. The molecule has 0 aliphatic carbocycles. The summed E-state index contributed by atoms with van der Waals surface area (Å²) in [6.07, 6.45) is -2.33. The maximum Gasteiger partial charge on any atom is 0.416 e. The van der Waals surface area contributed by atoms with Gasteiger partial charge >= 0.3 is 6.18 Å². The van der Waals surface area contributed by atoms with E-state index in [1.807, 2.05) is 18.2 Å². The lowest BCUT2D eigenvalue weighted by molar-refractivity contribution is -0.138. The minimum Gasteiger partial charge on any atom is -0.439 e. The predicted octanol–water partition coefficient (Wildman–Crippen LogP) is 4.85. The van der Waals surface area contributed by atoms with Crippen molar-refractivity contribution < 1.29 is 17.9 Å². The fourth-order valence-electron chi connectivity index (χ4n) is 3.17. The molecule has 0 spiro atoms. The maximum atomic E-state index is 13.3. The molecule has 0 unspecified atom stereocenters. The molecule has 2 aromatic carbocycles. The average molecular weight is 371 g/mol. The second kappa shape index (κ2) is 6.90. The van der Waals surface area contributed by atoms with E-state index in [0.717, 1.165) is 11.6 Å². The van der Waals surface area contributed by atoms with Gasteiger partial charge in [0.2, 0.25) is 11.8 Å². The minimum absolute atomic E-state index is 0.111. The molecule has 0 atom stereocenters. The number of para-hydroxylation sites is 1. The first-order valence-corrected chi connectivity index (χ1v) is 8.49. The first-order chi connectivity index (χ1) is 13.0. The van der Waals surface area contributed by atoms with Crippen molar-refractivity contribution in [2.24, 2.45) is 0 Å². The largest absolute Gasteiger partial charge is 0.439 e. The fourth-order valence-corrected chi connectivity index (χ4v) is 3.17. The van der Waals surface area contributed by atoms with Crippen molar-refractivity contribution in [3.05, 3.63) is 77.5 Å². The van der Waals surface area contributed by atoms with Crippen molar-refractivity contribution in [2.45, 2.75) is 19.1 Å². The van der Waals surface area contributed by atoms with Crippen molar-refractivity contribution in [3.8, 4) is 11.6 Å². The highest BCUT2D eigenvalue weighted by atomic mass is 19.4. The van der Waals surface area contributed by atoms with Gasteiger partial charge in [-0.25, -0.2) is 4.98 Å². The third-order valence-electron chi connectivity index (χ3n) is 4.44. The zero-order valence-corrected chi connectivity index (χ0v) is 14.3. The van der Waals surface area contributed by atoms with Crippen LogP contribution >= 0.6 is 0 Å². The van der Waals surface area contributed by atoms with Gasteiger partial charge in [0.15, 0.2) is 0 Å².